The van der Waals surface area contributed by atoms with Crippen LogP contribution in [0, 0.1) is 11.8 Å². The molecule has 0 spiro atoms. The van der Waals surface area contributed by atoms with Crippen molar-refractivity contribution < 1.29 is 9.47 Å². The van der Waals surface area contributed by atoms with E-state index in [9.17, 15) is 0 Å². The van der Waals surface area contributed by atoms with Crippen molar-refractivity contribution in [3.05, 3.63) is 17.2 Å². The maximum atomic E-state index is 6.22. The molecule has 1 aliphatic rings. The zero-order valence-electron chi connectivity index (χ0n) is 13.4. The summed E-state index contributed by atoms with van der Waals surface area (Å²) in [5.41, 5.74) is 0.955. The number of halogens is 1. The molecule has 1 fully saturated rings. The third kappa shape index (κ3) is 3.97. The summed E-state index contributed by atoms with van der Waals surface area (Å²) in [4.78, 5) is 0. The lowest BCUT2D eigenvalue weighted by Gasteiger charge is -2.32. The Morgan fingerprint density at radius 3 is 2.19 bits per heavy atom. The van der Waals surface area contributed by atoms with E-state index in [0.717, 1.165) is 23.3 Å². The molecular formula is C17H26ClNO2. The largest absolute Gasteiger partial charge is 0.495 e. The Labute approximate surface area is 133 Å². The van der Waals surface area contributed by atoms with Crippen molar-refractivity contribution in [1.82, 2.24) is 0 Å². The third-order valence-electron chi connectivity index (χ3n) is 4.55. The molecule has 3 nitrogen and oxygen atoms in total. The van der Waals surface area contributed by atoms with Gasteiger partial charge < -0.3 is 14.8 Å². The Balaban J connectivity index is 2.05. The molecule has 1 aromatic carbocycles. The lowest BCUT2D eigenvalue weighted by molar-refractivity contribution is 0.266. The number of benzene rings is 1. The lowest BCUT2D eigenvalue weighted by Crippen LogP contribution is -2.28. The minimum atomic E-state index is 0.498. The van der Waals surface area contributed by atoms with Crippen molar-refractivity contribution in [3.8, 4) is 11.5 Å². The van der Waals surface area contributed by atoms with Gasteiger partial charge in [0.15, 0.2) is 0 Å². The molecule has 118 valence electrons. The average Bonchev–Trinajstić information content (AvgIpc) is 2.48. The van der Waals surface area contributed by atoms with Crippen LogP contribution in [0.1, 0.15) is 39.5 Å². The maximum Gasteiger partial charge on any atom is 0.145 e. The molecule has 4 heteroatoms. The standard InChI is InChI=1S/C17H26ClNO2/c1-11(2)12-5-7-13(8-6-12)19-15-9-14(18)16(20-3)10-17(15)21-4/h9-13,19H,5-8H2,1-4H3. The fraction of sp³-hybridized carbons (Fsp3) is 0.647. The second-order valence-corrected chi connectivity index (χ2v) is 6.59. The second kappa shape index (κ2) is 7.26. The molecule has 0 heterocycles. The number of nitrogens with one attached hydrogen (secondary N) is 1. The van der Waals surface area contributed by atoms with E-state index in [1.165, 1.54) is 25.7 Å². The summed E-state index contributed by atoms with van der Waals surface area (Å²) in [5.74, 6) is 3.07. The predicted octanol–water partition coefficient (Wildman–Crippen LogP) is 4.98. The Bertz CT molecular complexity index is 468. The van der Waals surface area contributed by atoms with Crippen LogP contribution in [0.25, 0.3) is 0 Å². The van der Waals surface area contributed by atoms with Gasteiger partial charge in [-0.05, 0) is 43.6 Å². The molecule has 0 amide bonds. The predicted molar refractivity (Wildman–Crippen MR) is 88.8 cm³/mol. The molecule has 0 bridgehead atoms. The molecule has 0 saturated heterocycles. The number of ether oxygens (including phenoxy) is 2. The quantitative estimate of drug-likeness (QED) is 0.831. The molecule has 0 unspecified atom stereocenters. The molecule has 0 atom stereocenters. The van der Waals surface area contributed by atoms with Gasteiger partial charge in [-0.1, -0.05) is 25.4 Å². The molecule has 1 aliphatic carbocycles. The van der Waals surface area contributed by atoms with Gasteiger partial charge in [0.2, 0.25) is 0 Å². The minimum Gasteiger partial charge on any atom is -0.495 e. The summed E-state index contributed by atoms with van der Waals surface area (Å²) in [5, 5.41) is 4.20. The van der Waals surface area contributed by atoms with Gasteiger partial charge >= 0.3 is 0 Å². The van der Waals surface area contributed by atoms with E-state index in [1.807, 2.05) is 12.1 Å². The highest BCUT2D eigenvalue weighted by molar-refractivity contribution is 6.32. The van der Waals surface area contributed by atoms with Crippen LogP contribution in [-0.4, -0.2) is 20.3 Å². The first-order valence-electron chi connectivity index (χ1n) is 7.73. The minimum absolute atomic E-state index is 0.498. The molecule has 0 aromatic heterocycles. The summed E-state index contributed by atoms with van der Waals surface area (Å²) in [6.07, 6.45) is 4.99. The normalized spacial score (nSPS) is 22.2. The Morgan fingerprint density at radius 2 is 1.67 bits per heavy atom. The Hall–Kier alpha value is -1.09. The number of methoxy groups -OCH3 is 2. The van der Waals surface area contributed by atoms with Crippen molar-refractivity contribution >= 4 is 17.3 Å². The van der Waals surface area contributed by atoms with E-state index in [0.29, 0.717) is 16.8 Å². The van der Waals surface area contributed by atoms with Crippen molar-refractivity contribution in [1.29, 1.82) is 0 Å². The molecular weight excluding hydrogens is 286 g/mol. The van der Waals surface area contributed by atoms with Crippen LogP contribution in [0.5, 0.6) is 11.5 Å². The third-order valence-corrected chi connectivity index (χ3v) is 4.84. The first-order chi connectivity index (χ1) is 10.0. The van der Waals surface area contributed by atoms with Gasteiger partial charge in [0, 0.05) is 12.1 Å². The van der Waals surface area contributed by atoms with Gasteiger partial charge in [-0.3, -0.25) is 0 Å². The van der Waals surface area contributed by atoms with Crippen molar-refractivity contribution in [2.24, 2.45) is 11.8 Å². The van der Waals surface area contributed by atoms with Gasteiger partial charge in [-0.25, -0.2) is 0 Å². The van der Waals surface area contributed by atoms with Gasteiger partial charge in [0.25, 0.3) is 0 Å². The summed E-state index contributed by atoms with van der Waals surface area (Å²) >= 11 is 6.22. The summed E-state index contributed by atoms with van der Waals surface area (Å²) < 4.78 is 10.7. The monoisotopic (exact) mass is 311 g/mol. The van der Waals surface area contributed by atoms with Crippen LogP contribution >= 0.6 is 11.6 Å². The van der Waals surface area contributed by atoms with E-state index < -0.39 is 0 Å². The highest BCUT2D eigenvalue weighted by Gasteiger charge is 2.24. The molecule has 1 saturated carbocycles. The number of rotatable bonds is 5. The second-order valence-electron chi connectivity index (χ2n) is 6.19. The zero-order chi connectivity index (χ0) is 15.4. The van der Waals surface area contributed by atoms with E-state index in [2.05, 4.69) is 19.2 Å². The average molecular weight is 312 g/mol. The Morgan fingerprint density at radius 1 is 1.05 bits per heavy atom. The van der Waals surface area contributed by atoms with Gasteiger partial charge in [0.05, 0.1) is 24.9 Å². The van der Waals surface area contributed by atoms with Crippen LogP contribution in [0.4, 0.5) is 5.69 Å². The number of anilines is 1. The highest BCUT2D eigenvalue weighted by Crippen LogP contribution is 2.38. The number of hydrogen-bond donors (Lipinski definition) is 1. The highest BCUT2D eigenvalue weighted by atomic mass is 35.5. The lowest BCUT2D eigenvalue weighted by atomic mass is 9.79. The zero-order valence-corrected chi connectivity index (χ0v) is 14.2. The van der Waals surface area contributed by atoms with E-state index >= 15 is 0 Å². The maximum absolute atomic E-state index is 6.22. The summed E-state index contributed by atoms with van der Waals surface area (Å²) in [6.45, 7) is 4.65. The van der Waals surface area contributed by atoms with Gasteiger partial charge in [-0.15, -0.1) is 0 Å². The first-order valence-corrected chi connectivity index (χ1v) is 8.11. The molecule has 0 aliphatic heterocycles. The van der Waals surface area contributed by atoms with Crippen molar-refractivity contribution in [2.45, 2.75) is 45.6 Å². The molecule has 0 radical (unpaired) electrons. The fourth-order valence-corrected chi connectivity index (χ4v) is 3.36. The molecule has 2 rings (SSSR count). The van der Waals surface area contributed by atoms with E-state index in [1.54, 1.807) is 14.2 Å². The van der Waals surface area contributed by atoms with Crippen LogP contribution in [0.15, 0.2) is 12.1 Å². The van der Waals surface area contributed by atoms with Gasteiger partial charge in [0.1, 0.15) is 11.5 Å². The van der Waals surface area contributed by atoms with Crippen LogP contribution in [0.2, 0.25) is 5.02 Å². The molecule has 1 N–H and O–H groups in total. The van der Waals surface area contributed by atoms with Crippen LogP contribution in [0.3, 0.4) is 0 Å². The fourth-order valence-electron chi connectivity index (χ4n) is 3.12. The molecule has 21 heavy (non-hydrogen) atoms. The van der Waals surface area contributed by atoms with E-state index in [-0.39, 0.29) is 0 Å². The topological polar surface area (TPSA) is 30.5 Å². The van der Waals surface area contributed by atoms with Crippen LogP contribution < -0.4 is 14.8 Å². The summed E-state index contributed by atoms with van der Waals surface area (Å²) in [7, 11) is 3.28. The molecule has 1 aromatic rings. The van der Waals surface area contributed by atoms with E-state index in [4.69, 9.17) is 21.1 Å². The van der Waals surface area contributed by atoms with Crippen LogP contribution in [-0.2, 0) is 0 Å². The van der Waals surface area contributed by atoms with Crippen molar-refractivity contribution in [3.63, 3.8) is 0 Å². The Kier molecular flexibility index (Phi) is 5.63. The number of hydrogen-bond acceptors (Lipinski definition) is 3. The van der Waals surface area contributed by atoms with Crippen molar-refractivity contribution in [2.75, 3.05) is 19.5 Å². The van der Waals surface area contributed by atoms with Gasteiger partial charge in [-0.2, -0.15) is 0 Å². The SMILES string of the molecule is COc1cc(OC)c(NC2CCC(C(C)C)CC2)cc1Cl. The smallest absolute Gasteiger partial charge is 0.145 e. The summed E-state index contributed by atoms with van der Waals surface area (Å²) in [6, 6.07) is 4.23. The first kappa shape index (κ1) is 16.3.